The van der Waals surface area contributed by atoms with Gasteiger partial charge in [-0.05, 0) is 31.7 Å². The first kappa shape index (κ1) is 13.5. The molecule has 2 nitrogen and oxygen atoms in total. The highest BCUT2D eigenvalue weighted by atomic mass is 19.2. The number of hydrogen-bond donors (Lipinski definition) is 1. The van der Waals surface area contributed by atoms with Crippen molar-refractivity contribution >= 4 is 0 Å². The van der Waals surface area contributed by atoms with Crippen molar-refractivity contribution in [2.45, 2.75) is 13.0 Å². The van der Waals surface area contributed by atoms with Crippen LogP contribution in [0.3, 0.4) is 0 Å². The van der Waals surface area contributed by atoms with E-state index in [1.807, 2.05) is 0 Å². The lowest BCUT2D eigenvalue weighted by Crippen LogP contribution is -2.21. The van der Waals surface area contributed by atoms with E-state index in [0.717, 1.165) is 11.6 Å². The normalized spacial score (nSPS) is 12.5. The van der Waals surface area contributed by atoms with Gasteiger partial charge in [0.2, 0.25) is 0 Å². The molecule has 0 saturated carbocycles. The van der Waals surface area contributed by atoms with Gasteiger partial charge in [-0.3, -0.25) is 4.98 Å². The Balaban J connectivity index is 2.55. The highest BCUT2D eigenvalue weighted by molar-refractivity contribution is 5.35. The molecule has 0 bridgehead atoms. The van der Waals surface area contributed by atoms with Crippen LogP contribution in [0.5, 0.6) is 0 Å². The summed E-state index contributed by atoms with van der Waals surface area (Å²) in [5.41, 5.74) is 1.47. The molecule has 1 N–H and O–H groups in total. The molecule has 2 aromatic rings. The molecule has 1 atom stereocenters. The molecule has 1 aromatic carbocycles. The summed E-state index contributed by atoms with van der Waals surface area (Å²) in [6.07, 6.45) is 1.62. The van der Waals surface area contributed by atoms with Gasteiger partial charge in [0, 0.05) is 17.5 Å². The summed E-state index contributed by atoms with van der Waals surface area (Å²) in [5.74, 6) is -3.83. The SMILES string of the molecule is CNC(c1cccnc1C)c1ccc(F)c(F)c1F. The number of aromatic nitrogens is 1. The van der Waals surface area contributed by atoms with E-state index in [1.165, 1.54) is 6.07 Å². The van der Waals surface area contributed by atoms with Crippen LogP contribution in [0.25, 0.3) is 0 Å². The number of benzene rings is 1. The molecule has 2 rings (SSSR count). The monoisotopic (exact) mass is 266 g/mol. The van der Waals surface area contributed by atoms with Crippen LogP contribution in [0.15, 0.2) is 30.5 Å². The molecule has 0 amide bonds. The minimum Gasteiger partial charge on any atom is -0.309 e. The van der Waals surface area contributed by atoms with E-state index in [2.05, 4.69) is 10.3 Å². The van der Waals surface area contributed by atoms with Crippen LogP contribution in [-0.4, -0.2) is 12.0 Å². The highest BCUT2D eigenvalue weighted by Crippen LogP contribution is 2.27. The van der Waals surface area contributed by atoms with Crippen LogP contribution < -0.4 is 5.32 Å². The average molecular weight is 266 g/mol. The second kappa shape index (κ2) is 5.40. The van der Waals surface area contributed by atoms with Crippen molar-refractivity contribution in [1.82, 2.24) is 10.3 Å². The fraction of sp³-hybridized carbons (Fsp3) is 0.214. The van der Waals surface area contributed by atoms with Crippen LogP contribution in [0.4, 0.5) is 13.2 Å². The fourth-order valence-corrected chi connectivity index (χ4v) is 2.04. The summed E-state index contributed by atoms with van der Waals surface area (Å²) in [6.45, 7) is 1.78. The minimum atomic E-state index is -1.46. The maximum atomic E-state index is 13.8. The molecule has 0 aliphatic carbocycles. The molecule has 0 aliphatic heterocycles. The Bertz CT molecular complexity index is 599. The Labute approximate surface area is 109 Å². The van der Waals surface area contributed by atoms with Crippen LogP contribution >= 0.6 is 0 Å². The van der Waals surface area contributed by atoms with Gasteiger partial charge in [-0.2, -0.15) is 0 Å². The summed E-state index contributed by atoms with van der Waals surface area (Å²) in [5, 5.41) is 2.89. The molecule has 1 unspecified atom stereocenters. The molecule has 0 aliphatic rings. The number of halogens is 3. The molecule has 5 heteroatoms. The quantitative estimate of drug-likeness (QED) is 0.863. The second-order valence-electron chi connectivity index (χ2n) is 4.16. The summed E-state index contributed by atoms with van der Waals surface area (Å²) in [7, 11) is 1.62. The third kappa shape index (κ3) is 2.46. The second-order valence-corrected chi connectivity index (χ2v) is 4.16. The topological polar surface area (TPSA) is 24.9 Å². The molecule has 0 radical (unpaired) electrons. The lowest BCUT2D eigenvalue weighted by Gasteiger charge is -2.19. The zero-order chi connectivity index (χ0) is 14.0. The van der Waals surface area contributed by atoms with Gasteiger partial charge in [-0.1, -0.05) is 12.1 Å². The number of hydrogen-bond acceptors (Lipinski definition) is 2. The molecule has 100 valence electrons. The predicted octanol–water partition coefficient (Wildman–Crippen LogP) is 3.12. The Hall–Kier alpha value is -1.88. The van der Waals surface area contributed by atoms with Gasteiger partial charge in [0.25, 0.3) is 0 Å². The average Bonchev–Trinajstić information content (AvgIpc) is 2.41. The molecule has 1 heterocycles. The molecule has 0 fully saturated rings. The molecule has 0 spiro atoms. The number of rotatable bonds is 3. The summed E-state index contributed by atoms with van der Waals surface area (Å²) < 4.78 is 40.1. The zero-order valence-corrected chi connectivity index (χ0v) is 10.5. The van der Waals surface area contributed by atoms with E-state index in [4.69, 9.17) is 0 Å². The fourth-order valence-electron chi connectivity index (χ4n) is 2.04. The van der Waals surface area contributed by atoms with Gasteiger partial charge in [0.15, 0.2) is 17.5 Å². The summed E-state index contributed by atoms with van der Waals surface area (Å²) in [4.78, 5) is 4.11. The molecule has 0 saturated heterocycles. The van der Waals surface area contributed by atoms with Crippen molar-refractivity contribution in [1.29, 1.82) is 0 Å². The van der Waals surface area contributed by atoms with Crippen molar-refractivity contribution < 1.29 is 13.2 Å². The number of nitrogens with one attached hydrogen (secondary N) is 1. The Kier molecular flexibility index (Phi) is 3.85. The smallest absolute Gasteiger partial charge is 0.194 e. The third-order valence-corrected chi connectivity index (χ3v) is 3.02. The largest absolute Gasteiger partial charge is 0.309 e. The van der Waals surface area contributed by atoms with E-state index in [-0.39, 0.29) is 5.56 Å². The highest BCUT2D eigenvalue weighted by Gasteiger charge is 2.22. The van der Waals surface area contributed by atoms with Crippen LogP contribution in [-0.2, 0) is 0 Å². The number of aryl methyl sites for hydroxylation is 1. The summed E-state index contributed by atoms with van der Waals surface area (Å²) in [6, 6.07) is 5.06. The lowest BCUT2D eigenvalue weighted by molar-refractivity contribution is 0.435. The van der Waals surface area contributed by atoms with Gasteiger partial charge in [-0.25, -0.2) is 13.2 Å². The van der Waals surface area contributed by atoms with E-state index in [0.29, 0.717) is 5.69 Å². The van der Waals surface area contributed by atoms with Gasteiger partial charge < -0.3 is 5.32 Å². The van der Waals surface area contributed by atoms with E-state index < -0.39 is 23.5 Å². The zero-order valence-electron chi connectivity index (χ0n) is 10.5. The van der Waals surface area contributed by atoms with Crippen molar-refractivity contribution in [2.75, 3.05) is 7.05 Å². The molecular formula is C14H13F3N2. The standard InChI is InChI=1S/C14H13F3N2/c1-8-9(4-3-7-19-8)14(18-2)10-5-6-11(15)13(17)12(10)16/h3-7,14,18H,1-2H3. The summed E-state index contributed by atoms with van der Waals surface area (Å²) >= 11 is 0. The minimum absolute atomic E-state index is 0.0532. The Morgan fingerprint density at radius 3 is 2.42 bits per heavy atom. The van der Waals surface area contributed by atoms with Crippen LogP contribution in [0.2, 0.25) is 0 Å². The first-order chi connectivity index (χ1) is 9.06. The van der Waals surface area contributed by atoms with Crippen molar-refractivity contribution in [3.05, 3.63) is 64.7 Å². The van der Waals surface area contributed by atoms with Crippen LogP contribution in [0, 0.1) is 24.4 Å². The van der Waals surface area contributed by atoms with Crippen molar-refractivity contribution in [3.8, 4) is 0 Å². The lowest BCUT2D eigenvalue weighted by atomic mass is 9.97. The van der Waals surface area contributed by atoms with Crippen molar-refractivity contribution in [3.63, 3.8) is 0 Å². The van der Waals surface area contributed by atoms with E-state index in [1.54, 1.807) is 32.3 Å². The van der Waals surface area contributed by atoms with Crippen molar-refractivity contribution in [2.24, 2.45) is 0 Å². The first-order valence-corrected chi connectivity index (χ1v) is 5.78. The molecule has 19 heavy (non-hydrogen) atoms. The van der Waals surface area contributed by atoms with E-state index in [9.17, 15) is 13.2 Å². The third-order valence-electron chi connectivity index (χ3n) is 3.02. The van der Waals surface area contributed by atoms with Gasteiger partial charge in [0.1, 0.15) is 0 Å². The Morgan fingerprint density at radius 2 is 1.79 bits per heavy atom. The van der Waals surface area contributed by atoms with Gasteiger partial charge in [0.05, 0.1) is 6.04 Å². The maximum Gasteiger partial charge on any atom is 0.194 e. The van der Waals surface area contributed by atoms with Gasteiger partial charge in [-0.15, -0.1) is 0 Å². The van der Waals surface area contributed by atoms with E-state index >= 15 is 0 Å². The van der Waals surface area contributed by atoms with Gasteiger partial charge >= 0.3 is 0 Å². The molecular weight excluding hydrogens is 253 g/mol. The Morgan fingerprint density at radius 1 is 1.05 bits per heavy atom. The maximum absolute atomic E-state index is 13.8. The first-order valence-electron chi connectivity index (χ1n) is 5.78. The molecule has 1 aromatic heterocycles. The van der Waals surface area contributed by atoms with Crippen LogP contribution in [0.1, 0.15) is 22.9 Å². The number of nitrogens with zero attached hydrogens (tertiary/aromatic N) is 1. The predicted molar refractivity (Wildman–Crippen MR) is 66.2 cm³/mol. The number of pyridine rings is 1.